The molecule has 0 bridgehead atoms. The molecule has 3 heterocycles. The molecule has 0 saturated heterocycles. The number of H-pyrrole nitrogens is 1. The van der Waals surface area contributed by atoms with Gasteiger partial charge in [-0.2, -0.15) is 0 Å². The van der Waals surface area contributed by atoms with E-state index in [0.29, 0.717) is 19.1 Å². The van der Waals surface area contributed by atoms with E-state index in [1.54, 1.807) is 6.26 Å². The number of hydrogen-bond donors (Lipinski definition) is 1. The van der Waals surface area contributed by atoms with Crippen LogP contribution in [0.1, 0.15) is 73.3 Å². The second kappa shape index (κ2) is 9.54. The molecule has 34 heavy (non-hydrogen) atoms. The molecule has 5 rings (SSSR count). The molecule has 1 aliphatic rings. The SMILES string of the molecule is CCC(c1nnnn1Cc1ccco1)N(Cc1cc2c(C)cc(C)cc2[nH]c1=O)C1CCCC1. The molecule has 1 saturated carbocycles. The Labute approximate surface area is 199 Å². The minimum absolute atomic E-state index is 0.00211. The Morgan fingerprint density at radius 2 is 2.06 bits per heavy atom. The van der Waals surface area contributed by atoms with Crippen molar-refractivity contribution in [1.29, 1.82) is 0 Å². The van der Waals surface area contributed by atoms with Crippen molar-refractivity contribution >= 4 is 10.9 Å². The summed E-state index contributed by atoms with van der Waals surface area (Å²) in [5.74, 6) is 1.63. The molecule has 178 valence electrons. The van der Waals surface area contributed by atoms with E-state index in [1.807, 2.05) is 22.9 Å². The molecule has 1 fully saturated rings. The number of nitrogens with one attached hydrogen (secondary N) is 1. The molecule has 0 aliphatic heterocycles. The number of benzene rings is 1. The van der Waals surface area contributed by atoms with Crippen molar-refractivity contribution in [1.82, 2.24) is 30.1 Å². The third-order valence-corrected chi connectivity index (χ3v) is 7.07. The minimum atomic E-state index is -0.0227. The van der Waals surface area contributed by atoms with Crippen LogP contribution in [0.25, 0.3) is 10.9 Å². The van der Waals surface area contributed by atoms with Gasteiger partial charge in [-0.1, -0.05) is 25.8 Å². The molecule has 1 aliphatic carbocycles. The first-order chi connectivity index (χ1) is 16.5. The summed E-state index contributed by atoms with van der Waals surface area (Å²) < 4.78 is 7.36. The first-order valence-electron chi connectivity index (χ1n) is 12.2. The van der Waals surface area contributed by atoms with E-state index in [2.05, 4.69) is 58.3 Å². The van der Waals surface area contributed by atoms with Crippen LogP contribution in [-0.4, -0.2) is 36.1 Å². The van der Waals surface area contributed by atoms with Crippen LogP contribution in [0, 0.1) is 13.8 Å². The quantitative estimate of drug-likeness (QED) is 0.411. The summed E-state index contributed by atoms with van der Waals surface area (Å²) >= 11 is 0. The molecule has 4 aromatic rings. The summed E-state index contributed by atoms with van der Waals surface area (Å²) in [5.41, 5.74) is 3.98. The van der Waals surface area contributed by atoms with Crippen LogP contribution in [-0.2, 0) is 13.1 Å². The number of fused-ring (bicyclic) bond motifs is 1. The molecular weight excluding hydrogens is 428 g/mol. The maximum atomic E-state index is 13.1. The van der Waals surface area contributed by atoms with E-state index in [1.165, 1.54) is 18.4 Å². The average Bonchev–Trinajstić information content (AvgIpc) is 3.58. The second-order valence-corrected chi connectivity index (χ2v) is 9.48. The number of hydrogen-bond acceptors (Lipinski definition) is 6. The number of tetrazole rings is 1. The van der Waals surface area contributed by atoms with Gasteiger partial charge in [0.2, 0.25) is 0 Å². The lowest BCUT2D eigenvalue weighted by Crippen LogP contribution is -2.39. The number of furan rings is 1. The van der Waals surface area contributed by atoms with Crippen LogP contribution < -0.4 is 5.56 Å². The largest absolute Gasteiger partial charge is 0.467 e. The number of rotatable bonds is 8. The third-order valence-electron chi connectivity index (χ3n) is 7.07. The van der Waals surface area contributed by atoms with Crippen molar-refractivity contribution in [3.05, 3.63) is 75.2 Å². The zero-order valence-electron chi connectivity index (χ0n) is 20.1. The molecule has 8 nitrogen and oxygen atoms in total. The Morgan fingerprint density at radius 1 is 1.24 bits per heavy atom. The summed E-state index contributed by atoms with van der Waals surface area (Å²) in [4.78, 5) is 18.7. The number of pyridine rings is 1. The first-order valence-corrected chi connectivity index (χ1v) is 12.2. The monoisotopic (exact) mass is 460 g/mol. The van der Waals surface area contributed by atoms with Gasteiger partial charge in [0.05, 0.1) is 12.3 Å². The van der Waals surface area contributed by atoms with Gasteiger partial charge in [0, 0.05) is 29.1 Å². The fourth-order valence-electron chi connectivity index (χ4n) is 5.44. The van der Waals surface area contributed by atoms with Crippen LogP contribution in [0.5, 0.6) is 0 Å². The Balaban J connectivity index is 1.52. The van der Waals surface area contributed by atoms with E-state index < -0.39 is 0 Å². The second-order valence-electron chi connectivity index (χ2n) is 9.48. The van der Waals surface area contributed by atoms with Crippen molar-refractivity contribution in [2.75, 3.05) is 0 Å². The maximum absolute atomic E-state index is 13.1. The number of aromatic amines is 1. The third kappa shape index (κ3) is 4.42. The lowest BCUT2D eigenvalue weighted by molar-refractivity contribution is 0.112. The molecule has 1 aromatic carbocycles. The van der Waals surface area contributed by atoms with Gasteiger partial charge in [-0.15, -0.1) is 5.10 Å². The normalized spacial score (nSPS) is 15.5. The molecule has 1 atom stereocenters. The fourth-order valence-corrected chi connectivity index (χ4v) is 5.44. The lowest BCUT2D eigenvalue weighted by Gasteiger charge is -2.35. The number of nitrogens with zero attached hydrogens (tertiary/aromatic N) is 5. The summed E-state index contributed by atoms with van der Waals surface area (Å²) in [5, 5.41) is 13.8. The van der Waals surface area contributed by atoms with Crippen LogP contribution >= 0.6 is 0 Å². The molecular formula is C26H32N6O2. The van der Waals surface area contributed by atoms with Gasteiger partial charge in [-0.3, -0.25) is 9.69 Å². The summed E-state index contributed by atoms with van der Waals surface area (Å²) in [6.45, 7) is 7.37. The van der Waals surface area contributed by atoms with Crippen LogP contribution in [0.15, 0.2) is 45.8 Å². The fraction of sp³-hybridized carbons (Fsp3) is 0.462. The predicted molar refractivity (Wildman–Crippen MR) is 131 cm³/mol. The van der Waals surface area contributed by atoms with Gasteiger partial charge < -0.3 is 9.40 Å². The van der Waals surface area contributed by atoms with Crippen molar-refractivity contribution in [3.8, 4) is 0 Å². The molecule has 1 N–H and O–H groups in total. The van der Waals surface area contributed by atoms with Gasteiger partial charge in [0.1, 0.15) is 12.3 Å². The summed E-state index contributed by atoms with van der Waals surface area (Å²) in [6.07, 6.45) is 7.18. The average molecular weight is 461 g/mol. The zero-order valence-corrected chi connectivity index (χ0v) is 20.1. The van der Waals surface area contributed by atoms with Crippen LogP contribution in [0.4, 0.5) is 0 Å². The van der Waals surface area contributed by atoms with Gasteiger partial charge in [-0.05, 0) is 78.9 Å². The topological polar surface area (TPSA) is 92.8 Å². The smallest absolute Gasteiger partial charge is 0.252 e. The predicted octanol–water partition coefficient (Wildman–Crippen LogP) is 4.67. The van der Waals surface area contributed by atoms with Crippen LogP contribution in [0.3, 0.4) is 0 Å². The van der Waals surface area contributed by atoms with Gasteiger partial charge >= 0.3 is 0 Å². The van der Waals surface area contributed by atoms with E-state index in [-0.39, 0.29) is 11.6 Å². The van der Waals surface area contributed by atoms with Crippen molar-refractivity contribution < 1.29 is 4.42 Å². The zero-order chi connectivity index (χ0) is 23.7. The van der Waals surface area contributed by atoms with Crippen molar-refractivity contribution in [2.24, 2.45) is 0 Å². The highest BCUT2D eigenvalue weighted by Gasteiger charge is 2.32. The Bertz CT molecular complexity index is 1320. The summed E-state index contributed by atoms with van der Waals surface area (Å²) in [6, 6.07) is 10.5. The van der Waals surface area contributed by atoms with Crippen molar-refractivity contribution in [2.45, 2.75) is 78.0 Å². The van der Waals surface area contributed by atoms with Gasteiger partial charge in [0.15, 0.2) is 5.82 Å². The molecule has 0 spiro atoms. The molecule has 8 heteroatoms. The van der Waals surface area contributed by atoms with Crippen LogP contribution in [0.2, 0.25) is 0 Å². The highest BCUT2D eigenvalue weighted by atomic mass is 16.3. The maximum Gasteiger partial charge on any atom is 0.252 e. The van der Waals surface area contributed by atoms with E-state index in [9.17, 15) is 4.79 Å². The summed E-state index contributed by atoms with van der Waals surface area (Å²) in [7, 11) is 0. The van der Waals surface area contributed by atoms with Crippen molar-refractivity contribution in [3.63, 3.8) is 0 Å². The molecule has 1 unspecified atom stereocenters. The lowest BCUT2D eigenvalue weighted by atomic mass is 10.0. The standard InChI is InChI=1S/C26H32N6O2/c1-4-24(25-28-29-30-32(25)16-21-10-7-11-34-21)31(20-8-5-6-9-20)15-19-14-22-18(3)12-17(2)13-23(22)27-26(19)33/h7,10-14,20,24H,4-6,8-9,15-16H2,1-3H3,(H,27,33). The van der Waals surface area contributed by atoms with Gasteiger partial charge in [0.25, 0.3) is 5.56 Å². The Kier molecular flexibility index (Phi) is 6.32. The highest BCUT2D eigenvalue weighted by molar-refractivity contribution is 5.83. The minimum Gasteiger partial charge on any atom is -0.467 e. The molecule has 0 radical (unpaired) electrons. The number of aromatic nitrogens is 5. The Hall–Kier alpha value is -3.26. The first kappa shape index (κ1) is 22.5. The van der Waals surface area contributed by atoms with Gasteiger partial charge in [-0.25, -0.2) is 4.68 Å². The van der Waals surface area contributed by atoms with E-state index in [4.69, 9.17) is 4.42 Å². The van der Waals surface area contributed by atoms with E-state index >= 15 is 0 Å². The van der Waals surface area contributed by atoms with E-state index in [0.717, 1.165) is 52.9 Å². The number of aryl methyl sites for hydroxylation is 2. The molecule has 0 amide bonds. The molecule has 3 aromatic heterocycles. The highest BCUT2D eigenvalue weighted by Crippen LogP contribution is 2.34. The Morgan fingerprint density at radius 3 is 2.79 bits per heavy atom.